The molecule has 1 atom stereocenters. The Morgan fingerprint density at radius 3 is 2.63 bits per heavy atom. The Labute approximate surface area is 115 Å². The summed E-state index contributed by atoms with van der Waals surface area (Å²) in [4.78, 5) is 2.46. The predicted molar refractivity (Wildman–Crippen MR) is 74.8 cm³/mol. The number of ether oxygens (including phenoxy) is 1. The SMILES string of the molecule is OC[C@@H]1CC2(CCOCC2)CN1Cc1ccccc1. The first kappa shape index (κ1) is 13.1. The highest BCUT2D eigenvalue weighted by Gasteiger charge is 2.44. The Morgan fingerprint density at radius 2 is 1.95 bits per heavy atom. The van der Waals surface area contributed by atoms with E-state index in [1.54, 1.807) is 0 Å². The molecule has 3 rings (SSSR count). The summed E-state index contributed by atoms with van der Waals surface area (Å²) in [7, 11) is 0. The average Bonchev–Trinajstić information content (AvgIpc) is 2.78. The maximum absolute atomic E-state index is 9.66. The van der Waals surface area contributed by atoms with Gasteiger partial charge in [0, 0.05) is 32.3 Å². The van der Waals surface area contributed by atoms with Gasteiger partial charge in [0.15, 0.2) is 0 Å². The number of aliphatic hydroxyl groups is 1. The molecule has 2 fully saturated rings. The molecular weight excluding hydrogens is 238 g/mol. The standard InChI is InChI=1S/C16H23NO2/c18-12-15-10-16(6-8-19-9-7-16)13-17(15)11-14-4-2-1-3-5-14/h1-5,15,18H,6-13H2/t15-/m0/s1. The van der Waals surface area contributed by atoms with E-state index >= 15 is 0 Å². The van der Waals surface area contributed by atoms with Gasteiger partial charge in [0.05, 0.1) is 6.61 Å². The summed E-state index contributed by atoms with van der Waals surface area (Å²) in [5, 5.41) is 9.66. The van der Waals surface area contributed by atoms with Crippen LogP contribution in [-0.2, 0) is 11.3 Å². The van der Waals surface area contributed by atoms with E-state index in [9.17, 15) is 5.11 Å². The Balaban J connectivity index is 1.70. The zero-order chi connectivity index (χ0) is 13.1. The Morgan fingerprint density at radius 1 is 1.21 bits per heavy atom. The first-order chi connectivity index (χ1) is 9.31. The molecule has 0 saturated carbocycles. The van der Waals surface area contributed by atoms with Gasteiger partial charge in [-0.2, -0.15) is 0 Å². The Kier molecular flexibility index (Phi) is 3.87. The van der Waals surface area contributed by atoms with Crippen LogP contribution in [0, 0.1) is 5.41 Å². The third-order valence-corrected chi connectivity index (χ3v) is 4.72. The fraction of sp³-hybridized carbons (Fsp3) is 0.625. The van der Waals surface area contributed by atoms with Crippen LogP contribution in [-0.4, -0.2) is 42.4 Å². The summed E-state index contributed by atoms with van der Waals surface area (Å²) in [5.41, 5.74) is 1.73. The van der Waals surface area contributed by atoms with Crippen molar-refractivity contribution in [1.29, 1.82) is 0 Å². The largest absolute Gasteiger partial charge is 0.395 e. The van der Waals surface area contributed by atoms with Crippen LogP contribution in [0.1, 0.15) is 24.8 Å². The zero-order valence-corrected chi connectivity index (χ0v) is 11.4. The van der Waals surface area contributed by atoms with E-state index < -0.39 is 0 Å². The first-order valence-corrected chi connectivity index (χ1v) is 7.28. The smallest absolute Gasteiger partial charge is 0.0587 e. The lowest BCUT2D eigenvalue weighted by Gasteiger charge is -2.33. The van der Waals surface area contributed by atoms with Gasteiger partial charge >= 0.3 is 0 Å². The van der Waals surface area contributed by atoms with Crippen LogP contribution >= 0.6 is 0 Å². The summed E-state index contributed by atoms with van der Waals surface area (Å²) in [6, 6.07) is 10.9. The number of rotatable bonds is 3. The van der Waals surface area contributed by atoms with E-state index in [1.165, 1.54) is 5.56 Å². The summed E-state index contributed by atoms with van der Waals surface area (Å²) >= 11 is 0. The lowest BCUT2D eigenvalue weighted by atomic mass is 9.78. The number of likely N-dealkylation sites (tertiary alicyclic amines) is 1. The molecule has 0 aromatic heterocycles. The fourth-order valence-electron chi connectivity index (χ4n) is 3.60. The van der Waals surface area contributed by atoms with E-state index in [0.29, 0.717) is 11.5 Å². The van der Waals surface area contributed by atoms with E-state index in [4.69, 9.17) is 4.74 Å². The molecule has 1 aromatic rings. The van der Waals surface area contributed by atoms with Crippen molar-refractivity contribution >= 4 is 0 Å². The molecule has 0 radical (unpaired) electrons. The molecule has 1 spiro atoms. The van der Waals surface area contributed by atoms with Gasteiger partial charge < -0.3 is 9.84 Å². The minimum atomic E-state index is 0.273. The maximum atomic E-state index is 9.66. The molecule has 0 unspecified atom stereocenters. The molecule has 19 heavy (non-hydrogen) atoms. The van der Waals surface area contributed by atoms with Crippen molar-refractivity contribution in [2.45, 2.75) is 31.8 Å². The van der Waals surface area contributed by atoms with Gasteiger partial charge in [-0.25, -0.2) is 0 Å². The average molecular weight is 261 g/mol. The zero-order valence-electron chi connectivity index (χ0n) is 11.4. The molecule has 0 aliphatic carbocycles. The monoisotopic (exact) mass is 261 g/mol. The minimum absolute atomic E-state index is 0.273. The molecule has 0 bridgehead atoms. The van der Waals surface area contributed by atoms with E-state index in [0.717, 1.165) is 45.6 Å². The van der Waals surface area contributed by atoms with Gasteiger partial charge in [0.1, 0.15) is 0 Å². The highest BCUT2D eigenvalue weighted by atomic mass is 16.5. The van der Waals surface area contributed by atoms with Crippen LogP contribution in [0.25, 0.3) is 0 Å². The molecule has 0 amide bonds. The summed E-state index contributed by atoms with van der Waals surface area (Å²) in [6.07, 6.45) is 3.42. The van der Waals surface area contributed by atoms with Crippen LogP contribution < -0.4 is 0 Å². The summed E-state index contributed by atoms with van der Waals surface area (Å²) in [6.45, 7) is 4.11. The van der Waals surface area contributed by atoms with Crippen LogP contribution in [0.15, 0.2) is 30.3 Å². The first-order valence-electron chi connectivity index (χ1n) is 7.28. The summed E-state index contributed by atoms with van der Waals surface area (Å²) in [5.74, 6) is 0. The fourth-order valence-corrected chi connectivity index (χ4v) is 3.60. The topological polar surface area (TPSA) is 32.7 Å². The second-order valence-electron chi connectivity index (χ2n) is 6.04. The second-order valence-corrected chi connectivity index (χ2v) is 6.04. The van der Waals surface area contributed by atoms with Gasteiger partial charge in [0.2, 0.25) is 0 Å². The summed E-state index contributed by atoms with van der Waals surface area (Å²) < 4.78 is 5.50. The van der Waals surface area contributed by atoms with E-state index in [-0.39, 0.29) is 6.61 Å². The quantitative estimate of drug-likeness (QED) is 0.904. The van der Waals surface area contributed by atoms with Crippen LogP contribution in [0.4, 0.5) is 0 Å². The molecule has 2 saturated heterocycles. The molecular formula is C16H23NO2. The van der Waals surface area contributed by atoms with Crippen molar-refractivity contribution in [3.05, 3.63) is 35.9 Å². The Bertz CT molecular complexity index is 400. The van der Waals surface area contributed by atoms with Crippen molar-refractivity contribution in [2.75, 3.05) is 26.4 Å². The van der Waals surface area contributed by atoms with Gasteiger partial charge in [0.25, 0.3) is 0 Å². The molecule has 3 nitrogen and oxygen atoms in total. The van der Waals surface area contributed by atoms with E-state index in [2.05, 4.69) is 35.2 Å². The number of nitrogens with zero attached hydrogens (tertiary/aromatic N) is 1. The van der Waals surface area contributed by atoms with Crippen LogP contribution in [0.2, 0.25) is 0 Å². The molecule has 1 aromatic carbocycles. The molecule has 3 heteroatoms. The van der Waals surface area contributed by atoms with Gasteiger partial charge in [-0.15, -0.1) is 0 Å². The van der Waals surface area contributed by atoms with Gasteiger partial charge in [-0.05, 0) is 30.2 Å². The number of benzene rings is 1. The molecule has 2 heterocycles. The van der Waals surface area contributed by atoms with Crippen molar-refractivity contribution in [1.82, 2.24) is 4.90 Å². The second kappa shape index (κ2) is 5.61. The third-order valence-electron chi connectivity index (χ3n) is 4.72. The molecule has 2 aliphatic heterocycles. The van der Waals surface area contributed by atoms with Gasteiger partial charge in [-0.1, -0.05) is 30.3 Å². The number of hydrogen-bond acceptors (Lipinski definition) is 3. The molecule has 1 N–H and O–H groups in total. The maximum Gasteiger partial charge on any atom is 0.0587 e. The number of aliphatic hydroxyl groups excluding tert-OH is 1. The van der Waals surface area contributed by atoms with Crippen molar-refractivity contribution < 1.29 is 9.84 Å². The Hall–Kier alpha value is -0.900. The van der Waals surface area contributed by atoms with Crippen molar-refractivity contribution in [3.63, 3.8) is 0 Å². The van der Waals surface area contributed by atoms with Crippen LogP contribution in [0.5, 0.6) is 0 Å². The minimum Gasteiger partial charge on any atom is -0.395 e. The molecule has 104 valence electrons. The van der Waals surface area contributed by atoms with Crippen LogP contribution in [0.3, 0.4) is 0 Å². The predicted octanol–water partition coefficient (Wildman–Crippen LogP) is 2.05. The lowest BCUT2D eigenvalue weighted by molar-refractivity contribution is 0.0189. The van der Waals surface area contributed by atoms with E-state index in [1.807, 2.05) is 0 Å². The third kappa shape index (κ3) is 2.83. The van der Waals surface area contributed by atoms with Crippen molar-refractivity contribution in [3.8, 4) is 0 Å². The lowest BCUT2D eigenvalue weighted by Crippen LogP contribution is -2.34. The highest BCUT2D eigenvalue weighted by molar-refractivity contribution is 5.15. The molecule has 2 aliphatic rings. The number of hydrogen-bond donors (Lipinski definition) is 1. The van der Waals surface area contributed by atoms with Gasteiger partial charge in [-0.3, -0.25) is 4.90 Å². The normalized spacial score (nSPS) is 26.9. The highest BCUT2D eigenvalue weighted by Crippen LogP contribution is 2.43. The van der Waals surface area contributed by atoms with Crippen molar-refractivity contribution in [2.24, 2.45) is 5.41 Å².